The van der Waals surface area contributed by atoms with Gasteiger partial charge in [-0.2, -0.15) is 11.8 Å². The number of amides is 1. The van der Waals surface area contributed by atoms with Crippen molar-refractivity contribution >= 4 is 28.6 Å². The predicted molar refractivity (Wildman–Crippen MR) is 91.4 cm³/mol. The van der Waals surface area contributed by atoms with Gasteiger partial charge >= 0.3 is 5.63 Å². The molecule has 0 atom stereocenters. The minimum atomic E-state index is -0.296. The lowest BCUT2D eigenvalue weighted by Gasteiger charge is -2.09. The zero-order valence-electron chi connectivity index (χ0n) is 13.2. The predicted octanol–water partition coefficient (Wildman–Crippen LogP) is 3.17. The molecule has 0 saturated carbocycles. The Morgan fingerprint density at radius 1 is 1.32 bits per heavy atom. The van der Waals surface area contributed by atoms with Crippen molar-refractivity contribution in [2.45, 2.75) is 32.9 Å². The maximum absolute atomic E-state index is 11.8. The molecule has 1 amide bonds. The highest BCUT2D eigenvalue weighted by molar-refractivity contribution is 7.98. The van der Waals surface area contributed by atoms with Gasteiger partial charge in [-0.3, -0.25) is 4.79 Å². The van der Waals surface area contributed by atoms with Crippen LogP contribution < -0.4 is 10.9 Å². The summed E-state index contributed by atoms with van der Waals surface area (Å²) in [7, 11) is 0. The summed E-state index contributed by atoms with van der Waals surface area (Å²) in [5, 5.41) is 3.79. The highest BCUT2D eigenvalue weighted by atomic mass is 32.2. The summed E-state index contributed by atoms with van der Waals surface area (Å²) in [6.45, 7) is 6.20. The van der Waals surface area contributed by atoms with Gasteiger partial charge in [-0.15, -0.1) is 0 Å². The minimum absolute atomic E-state index is 0.00232. The summed E-state index contributed by atoms with van der Waals surface area (Å²) in [5.74, 6) is 1.71. The van der Waals surface area contributed by atoms with Crippen LogP contribution in [0.3, 0.4) is 0 Å². The lowest BCUT2D eigenvalue weighted by atomic mass is 10.0. The number of rotatable bonds is 6. The highest BCUT2D eigenvalue weighted by Crippen LogP contribution is 2.25. The van der Waals surface area contributed by atoms with Crippen molar-refractivity contribution in [3.8, 4) is 0 Å². The summed E-state index contributed by atoms with van der Waals surface area (Å²) in [5.41, 5.74) is 3.55. The monoisotopic (exact) mass is 319 g/mol. The lowest BCUT2D eigenvalue weighted by Crippen LogP contribution is -2.21. The molecule has 118 valence electrons. The molecule has 0 aliphatic rings. The summed E-state index contributed by atoms with van der Waals surface area (Å²) in [6.07, 6.45) is 0.918. The van der Waals surface area contributed by atoms with Crippen molar-refractivity contribution in [2.24, 2.45) is 0 Å². The molecule has 0 aliphatic carbocycles. The number of benzene rings is 1. The number of carbonyl (C=O) groups excluding carboxylic acids is 1. The number of nitrogens with one attached hydrogen (secondary N) is 1. The SMILES string of the molecule is CC(=O)NCCCSCc1cc(=O)oc2c(C)c(C)ccc12. The Balaban J connectivity index is 2.07. The first-order chi connectivity index (χ1) is 10.5. The first-order valence-electron chi connectivity index (χ1n) is 7.34. The van der Waals surface area contributed by atoms with Crippen molar-refractivity contribution in [1.82, 2.24) is 5.32 Å². The quantitative estimate of drug-likeness (QED) is 0.656. The number of aryl methyl sites for hydroxylation is 2. The minimum Gasteiger partial charge on any atom is -0.422 e. The van der Waals surface area contributed by atoms with Crippen LogP contribution in [0, 0.1) is 13.8 Å². The third kappa shape index (κ3) is 4.13. The van der Waals surface area contributed by atoms with Crippen molar-refractivity contribution in [3.05, 3.63) is 45.3 Å². The molecule has 0 aliphatic heterocycles. The Kier molecular flexibility index (Phi) is 5.66. The second kappa shape index (κ2) is 7.49. The van der Waals surface area contributed by atoms with Crippen LogP contribution in [0.5, 0.6) is 0 Å². The van der Waals surface area contributed by atoms with Crippen LogP contribution in [0.2, 0.25) is 0 Å². The maximum Gasteiger partial charge on any atom is 0.336 e. The van der Waals surface area contributed by atoms with Gasteiger partial charge in [0.25, 0.3) is 0 Å². The molecular formula is C17H21NO3S. The average Bonchev–Trinajstić information content (AvgIpc) is 2.46. The Hall–Kier alpha value is -1.75. The van der Waals surface area contributed by atoms with Gasteiger partial charge in [0.1, 0.15) is 5.58 Å². The molecule has 5 heteroatoms. The highest BCUT2D eigenvalue weighted by Gasteiger charge is 2.09. The Bertz CT molecular complexity index is 736. The number of hydrogen-bond donors (Lipinski definition) is 1. The molecule has 22 heavy (non-hydrogen) atoms. The number of fused-ring (bicyclic) bond motifs is 1. The van der Waals surface area contributed by atoms with E-state index < -0.39 is 0 Å². The normalized spacial score (nSPS) is 10.9. The second-order valence-electron chi connectivity index (χ2n) is 5.36. The maximum atomic E-state index is 11.8. The van der Waals surface area contributed by atoms with E-state index in [1.54, 1.807) is 17.8 Å². The standard InChI is InChI=1S/C17H21NO3S/c1-11-5-6-15-14(9-16(20)21-17(15)12(11)2)10-22-8-4-7-18-13(3)19/h5-6,9H,4,7-8,10H2,1-3H3,(H,18,19). The van der Waals surface area contributed by atoms with Gasteiger partial charge in [0, 0.05) is 30.7 Å². The van der Waals surface area contributed by atoms with Crippen LogP contribution in [0.4, 0.5) is 0 Å². The van der Waals surface area contributed by atoms with E-state index in [0.29, 0.717) is 12.1 Å². The van der Waals surface area contributed by atoms with Crippen molar-refractivity contribution < 1.29 is 9.21 Å². The molecule has 1 heterocycles. The molecule has 0 saturated heterocycles. The summed E-state index contributed by atoms with van der Waals surface area (Å²) < 4.78 is 5.37. The molecule has 2 rings (SSSR count). The van der Waals surface area contributed by atoms with E-state index in [0.717, 1.165) is 40.0 Å². The van der Waals surface area contributed by atoms with Gasteiger partial charge in [-0.25, -0.2) is 4.79 Å². The van der Waals surface area contributed by atoms with E-state index in [2.05, 4.69) is 11.4 Å². The van der Waals surface area contributed by atoms with E-state index in [1.165, 1.54) is 6.92 Å². The van der Waals surface area contributed by atoms with E-state index in [4.69, 9.17) is 4.42 Å². The molecule has 0 bridgehead atoms. The fraction of sp³-hybridized carbons (Fsp3) is 0.412. The van der Waals surface area contributed by atoms with Crippen LogP contribution in [0.1, 0.15) is 30.0 Å². The Labute approximate surface area is 134 Å². The largest absolute Gasteiger partial charge is 0.422 e. The fourth-order valence-electron chi connectivity index (χ4n) is 2.26. The molecule has 0 fully saturated rings. The summed E-state index contributed by atoms with van der Waals surface area (Å²) in [6, 6.07) is 5.66. The van der Waals surface area contributed by atoms with Gasteiger partial charge in [0.05, 0.1) is 0 Å². The van der Waals surface area contributed by atoms with E-state index in [1.807, 2.05) is 19.9 Å². The Morgan fingerprint density at radius 3 is 2.82 bits per heavy atom. The van der Waals surface area contributed by atoms with Gasteiger partial charge in [0.2, 0.25) is 5.91 Å². The van der Waals surface area contributed by atoms with Crippen molar-refractivity contribution in [1.29, 1.82) is 0 Å². The molecule has 1 aromatic heterocycles. The molecule has 0 unspecified atom stereocenters. The molecule has 2 aromatic rings. The van der Waals surface area contributed by atoms with Crippen molar-refractivity contribution in [2.75, 3.05) is 12.3 Å². The average molecular weight is 319 g/mol. The molecule has 1 N–H and O–H groups in total. The van der Waals surface area contributed by atoms with Crippen LogP contribution in [0.15, 0.2) is 27.4 Å². The van der Waals surface area contributed by atoms with Crippen LogP contribution >= 0.6 is 11.8 Å². The zero-order valence-corrected chi connectivity index (χ0v) is 14.0. The number of thioether (sulfide) groups is 1. The van der Waals surface area contributed by atoms with Gasteiger partial charge in [0.15, 0.2) is 0 Å². The first kappa shape index (κ1) is 16.6. The summed E-state index contributed by atoms with van der Waals surface area (Å²) in [4.78, 5) is 22.5. The number of hydrogen-bond acceptors (Lipinski definition) is 4. The van der Waals surface area contributed by atoms with Gasteiger partial charge in [-0.1, -0.05) is 12.1 Å². The summed E-state index contributed by atoms with van der Waals surface area (Å²) >= 11 is 1.76. The Morgan fingerprint density at radius 2 is 2.09 bits per heavy atom. The smallest absolute Gasteiger partial charge is 0.336 e. The van der Waals surface area contributed by atoms with E-state index >= 15 is 0 Å². The molecule has 0 spiro atoms. The number of carbonyl (C=O) groups is 1. The zero-order chi connectivity index (χ0) is 16.1. The third-order valence-corrected chi connectivity index (χ3v) is 4.71. The van der Waals surface area contributed by atoms with Crippen LogP contribution in [0.25, 0.3) is 11.0 Å². The second-order valence-corrected chi connectivity index (χ2v) is 6.47. The molecular weight excluding hydrogens is 298 g/mol. The van der Waals surface area contributed by atoms with Crippen LogP contribution in [-0.2, 0) is 10.5 Å². The third-order valence-electron chi connectivity index (χ3n) is 3.61. The molecule has 4 nitrogen and oxygen atoms in total. The van der Waals surface area contributed by atoms with Gasteiger partial charge < -0.3 is 9.73 Å². The van der Waals surface area contributed by atoms with E-state index in [-0.39, 0.29) is 11.5 Å². The topological polar surface area (TPSA) is 59.3 Å². The fourth-order valence-corrected chi connectivity index (χ4v) is 3.22. The molecule has 1 aromatic carbocycles. The van der Waals surface area contributed by atoms with Crippen LogP contribution in [-0.4, -0.2) is 18.2 Å². The lowest BCUT2D eigenvalue weighted by molar-refractivity contribution is -0.118. The molecule has 0 radical (unpaired) electrons. The van der Waals surface area contributed by atoms with E-state index in [9.17, 15) is 9.59 Å². The van der Waals surface area contributed by atoms with Gasteiger partial charge in [-0.05, 0) is 42.7 Å². The first-order valence-corrected chi connectivity index (χ1v) is 8.49. The van der Waals surface area contributed by atoms with Crippen molar-refractivity contribution in [3.63, 3.8) is 0 Å².